The molecule has 5 aromatic rings. The van der Waals surface area contributed by atoms with Gasteiger partial charge in [0.15, 0.2) is 0 Å². The Labute approximate surface area is 560 Å². The molecule has 0 unspecified atom stereocenters. The fourth-order valence-corrected chi connectivity index (χ4v) is 12.4. The molecular weight excluding hydrogens is 1350 g/mol. The molecule has 0 aliphatic carbocycles. The summed E-state index contributed by atoms with van der Waals surface area (Å²) in [5.74, 6) is 0. The zero-order valence-corrected chi connectivity index (χ0v) is 61.3. The lowest BCUT2D eigenvalue weighted by atomic mass is 9.67. The second-order valence-electron chi connectivity index (χ2n) is 26.1. The van der Waals surface area contributed by atoms with Crippen molar-refractivity contribution in [3.63, 3.8) is 0 Å². The van der Waals surface area contributed by atoms with Crippen molar-refractivity contribution in [2.45, 2.75) is 293 Å². The lowest BCUT2D eigenvalue weighted by Crippen LogP contribution is -2.43. The molecule has 7 rings (SSSR count). The van der Waals surface area contributed by atoms with Crippen LogP contribution in [-0.2, 0) is 44.3 Å². The zero-order valence-electron chi connectivity index (χ0n) is 54.3. The molecule has 0 amide bonds. The topological polar surface area (TPSA) is 36.9 Å². The Balaban J connectivity index is 0.000000319. The molecule has 0 saturated carbocycles. The zero-order chi connectivity index (χ0) is 61.2. The van der Waals surface area contributed by atoms with Crippen LogP contribution in [0.25, 0.3) is 22.3 Å². The van der Waals surface area contributed by atoms with E-state index in [0.29, 0.717) is 0 Å². The largest absolute Gasteiger partial charge is 0.495 e. The van der Waals surface area contributed by atoms with Crippen molar-refractivity contribution in [3.05, 3.63) is 136 Å². The van der Waals surface area contributed by atoms with E-state index in [9.17, 15) is 0 Å². The van der Waals surface area contributed by atoms with Gasteiger partial charge in [0.1, 0.15) is 0 Å². The molecule has 0 N–H and O–H groups in total. The van der Waals surface area contributed by atoms with Crippen molar-refractivity contribution in [1.82, 2.24) is 0 Å². The highest BCUT2D eigenvalue weighted by molar-refractivity contribution is 14.1. The van der Waals surface area contributed by atoms with E-state index in [0.717, 1.165) is 39.1 Å². The molecule has 2 aliphatic heterocycles. The summed E-state index contributed by atoms with van der Waals surface area (Å²) < 4.78 is 31.2. The van der Waals surface area contributed by atoms with Gasteiger partial charge in [0.2, 0.25) is 0 Å². The Hall–Kier alpha value is -1.76. The van der Waals surface area contributed by atoms with Gasteiger partial charge in [-0.15, -0.1) is 0 Å². The first kappa shape index (κ1) is 75.7. The molecule has 0 aromatic heterocycles. The summed E-state index contributed by atoms with van der Waals surface area (Å²) in [5, 5.41) is 0. The van der Waals surface area contributed by atoms with Crippen LogP contribution in [0.1, 0.15) is 267 Å². The minimum Gasteiger partial charge on any atom is -0.399 e. The van der Waals surface area contributed by atoms with Crippen molar-refractivity contribution >= 4 is 95.5 Å². The molecule has 2 saturated heterocycles. The SMILES string of the molecule is Brc1ccc(I)cc1.C.CCCCCCCCc1cc(-c2ccc(Br)cc2)c(CCCCCCCC)cc1-c1ccc(Br)cc1.CCCCCCCCc1cc(B2OC(C)(C)C(C)(C)O2)c(CCCCCCCC)cc1B1OC(C)(C)C(C)(C)O1. The molecule has 0 radical (unpaired) electrons. The molecule has 2 heterocycles. The predicted molar refractivity (Wildman–Crippen MR) is 392 cm³/mol. The third-order valence-corrected chi connectivity index (χ3v) is 20.4. The van der Waals surface area contributed by atoms with Gasteiger partial charge in [-0.1, -0.05) is 260 Å². The average Bonchev–Trinajstić information content (AvgIpc) is 2.57. The number of halogens is 4. The van der Waals surface area contributed by atoms with Gasteiger partial charge in [-0.3, -0.25) is 0 Å². The molecule has 10 heteroatoms. The minimum atomic E-state index is -0.362. The lowest BCUT2D eigenvalue weighted by molar-refractivity contribution is 0.00578. The van der Waals surface area contributed by atoms with Crippen LogP contribution in [0.5, 0.6) is 0 Å². The van der Waals surface area contributed by atoms with Crippen LogP contribution in [-0.4, -0.2) is 36.6 Å². The number of hydrogen-bond acceptors (Lipinski definition) is 4. The summed E-state index contributed by atoms with van der Waals surface area (Å²) in [6.07, 6.45) is 35.7. The first-order valence-corrected chi connectivity index (χ1v) is 36.6. The van der Waals surface area contributed by atoms with Crippen LogP contribution in [0.3, 0.4) is 0 Å². The minimum absolute atomic E-state index is 0. The van der Waals surface area contributed by atoms with Crippen LogP contribution in [0, 0.1) is 3.57 Å². The molecule has 85 heavy (non-hydrogen) atoms. The van der Waals surface area contributed by atoms with Gasteiger partial charge in [0.05, 0.1) is 22.4 Å². The van der Waals surface area contributed by atoms with Crippen molar-refractivity contribution in [2.75, 3.05) is 0 Å². The molecule has 2 aliphatic rings. The first-order chi connectivity index (χ1) is 40.1. The van der Waals surface area contributed by atoms with Crippen LogP contribution >= 0.6 is 70.4 Å². The molecular formula is C75H112B2Br3IO4. The molecule has 470 valence electrons. The van der Waals surface area contributed by atoms with E-state index < -0.39 is 0 Å². The van der Waals surface area contributed by atoms with E-state index in [1.165, 1.54) is 213 Å². The maximum absolute atomic E-state index is 6.62. The van der Waals surface area contributed by atoms with Crippen LogP contribution in [0.4, 0.5) is 0 Å². The highest BCUT2D eigenvalue weighted by atomic mass is 127. The van der Waals surface area contributed by atoms with Crippen LogP contribution in [0.15, 0.2) is 110 Å². The van der Waals surface area contributed by atoms with Gasteiger partial charge in [-0.2, -0.15) is 0 Å². The number of benzene rings is 5. The van der Waals surface area contributed by atoms with Gasteiger partial charge in [0.25, 0.3) is 0 Å². The van der Waals surface area contributed by atoms with Crippen LogP contribution in [0.2, 0.25) is 0 Å². The second-order valence-corrected chi connectivity index (χ2v) is 30.1. The third-order valence-electron chi connectivity index (χ3n) is 18.1. The normalized spacial score (nSPS) is 15.5. The quantitative estimate of drug-likeness (QED) is 0.0244. The summed E-state index contributed by atoms with van der Waals surface area (Å²) in [7, 11) is -0.702. The van der Waals surface area contributed by atoms with Gasteiger partial charge < -0.3 is 18.6 Å². The van der Waals surface area contributed by atoms with Gasteiger partial charge >= 0.3 is 14.2 Å². The number of unbranched alkanes of at least 4 members (excludes halogenated alkanes) is 20. The predicted octanol–water partition coefficient (Wildman–Crippen LogP) is 24.1. The van der Waals surface area contributed by atoms with E-state index in [1.54, 1.807) is 0 Å². The molecule has 0 atom stereocenters. The molecule has 0 bridgehead atoms. The fourth-order valence-electron chi connectivity index (χ4n) is 11.3. The summed E-state index contributed by atoms with van der Waals surface area (Å²) in [5.41, 5.74) is 12.1. The molecule has 5 aromatic carbocycles. The fraction of sp³-hybridized carbons (Fsp3) is 0.600. The summed E-state index contributed by atoms with van der Waals surface area (Å²) >= 11 is 12.9. The van der Waals surface area contributed by atoms with E-state index in [1.807, 2.05) is 12.1 Å². The Bertz CT molecular complexity index is 2440. The van der Waals surface area contributed by atoms with Crippen LogP contribution < -0.4 is 10.9 Å². The number of hydrogen-bond donors (Lipinski definition) is 0. The van der Waals surface area contributed by atoms with Crippen molar-refractivity contribution in [1.29, 1.82) is 0 Å². The third kappa shape index (κ3) is 24.8. The molecule has 2 fully saturated rings. The monoisotopic (exact) mass is 1460 g/mol. The average molecular weight is 1470 g/mol. The molecule has 4 nitrogen and oxygen atoms in total. The summed E-state index contributed by atoms with van der Waals surface area (Å²) in [4.78, 5) is 0. The van der Waals surface area contributed by atoms with Gasteiger partial charge in [-0.05, 0) is 233 Å². The smallest absolute Gasteiger partial charge is 0.399 e. The van der Waals surface area contributed by atoms with Gasteiger partial charge in [-0.25, -0.2) is 0 Å². The first-order valence-electron chi connectivity index (χ1n) is 33.1. The highest BCUT2D eigenvalue weighted by Crippen LogP contribution is 2.40. The lowest BCUT2D eigenvalue weighted by Gasteiger charge is -2.32. The Morgan fingerprint density at radius 3 is 0.824 bits per heavy atom. The molecule has 0 spiro atoms. The number of rotatable bonds is 32. The Morgan fingerprint density at radius 1 is 0.329 bits per heavy atom. The van der Waals surface area contributed by atoms with Gasteiger partial charge in [0, 0.05) is 17.0 Å². The standard InChI is InChI=1S/C34H60B2O4.C34H44Br2.C6H4BrI.CH4/c1-11-13-15-17-19-21-23-27-25-30(36-39-33(7,8)34(9,10)40-36)28(24-22-20-18-16-14-12-2)26-29(27)35-37-31(3,4)32(5,6)38-35;1-3-5-7-9-11-13-15-29-25-34(28-19-23-32(36)24-20-28)30(16-14-12-10-8-6-4-2)26-33(29)27-17-21-31(35)22-18-27;7-5-1-3-6(8)4-2-5;/h25-26H,11-24H2,1-10H3;17-26H,3-16H2,1-2H3;1-4H;1H4. The Kier molecular flexibility index (Phi) is 34.6. The highest BCUT2D eigenvalue weighted by Gasteiger charge is 2.54. The number of aryl methyl sites for hydroxylation is 4. The summed E-state index contributed by atoms with van der Waals surface area (Å²) in [6, 6.07) is 35.8. The van der Waals surface area contributed by atoms with Crippen molar-refractivity contribution in [2.24, 2.45) is 0 Å². The maximum Gasteiger partial charge on any atom is 0.495 e. The maximum atomic E-state index is 6.62. The van der Waals surface area contributed by atoms with E-state index in [4.69, 9.17) is 18.6 Å². The van der Waals surface area contributed by atoms with E-state index in [-0.39, 0.29) is 44.1 Å². The summed E-state index contributed by atoms with van der Waals surface area (Å²) in [6.45, 7) is 26.3. The second kappa shape index (κ2) is 38.8. The van der Waals surface area contributed by atoms with Crippen molar-refractivity contribution < 1.29 is 18.6 Å². The Morgan fingerprint density at radius 2 is 0.565 bits per heavy atom. The van der Waals surface area contributed by atoms with E-state index in [2.05, 4.69) is 238 Å². The van der Waals surface area contributed by atoms with E-state index >= 15 is 0 Å². The van der Waals surface area contributed by atoms with Crippen molar-refractivity contribution in [3.8, 4) is 22.3 Å².